The number of hydrogen-bond acceptors (Lipinski definition) is 5. The van der Waals surface area contributed by atoms with Gasteiger partial charge in [-0.25, -0.2) is 0 Å². The van der Waals surface area contributed by atoms with E-state index in [2.05, 4.69) is 10.3 Å². The van der Waals surface area contributed by atoms with E-state index in [-0.39, 0.29) is 12.1 Å². The fourth-order valence-corrected chi connectivity index (χ4v) is 2.56. The van der Waals surface area contributed by atoms with E-state index in [9.17, 15) is 4.79 Å². The van der Waals surface area contributed by atoms with Gasteiger partial charge in [0.1, 0.15) is 6.10 Å². The van der Waals surface area contributed by atoms with Crippen LogP contribution in [0.25, 0.3) is 0 Å². The topological polar surface area (TPSA) is 60.5 Å². The Morgan fingerprint density at radius 3 is 3.14 bits per heavy atom. The van der Waals surface area contributed by atoms with E-state index in [4.69, 9.17) is 9.47 Å². The van der Waals surface area contributed by atoms with E-state index in [1.165, 1.54) is 19.8 Å². The third-order valence-electron chi connectivity index (χ3n) is 3.60. The van der Waals surface area contributed by atoms with Crippen LogP contribution in [-0.4, -0.2) is 36.8 Å². The second-order valence-electron chi connectivity index (χ2n) is 5.39. The van der Waals surface area contributed by atoms with Gasteiger partial charge in [-0.2, -0.15) is 0 Å². The van der Waals surface area contributed by atoms with E-state index in [0.717, 1.165) is 31.6 Å². The molecule has 1 fully saturated rings. The van der Waals surface area contributed by atoms with Gasteiger partial charge in [0.25, 0.3) is 0 Å². The van der Waals surface area contributed by atoms with E-state index in [1.807, 2.05) is 12.1 Å². The third kappa shape index (κ3) is 5.81. The molecule has 2 atom stereocenters. The predicted molar refractivity (Wildman–Crippen MR) is 79.8 cm³/mol. The summed E-state index contributed by atoms with van der Waals surface area (Å²) in [5, 5.41) is 3.41. The fourth-order valence-electron chi connectivity index (χ4n) is 2.56. The van der Waals surface area contributed by atoms with Gasteiger partial charge in [0.05, 0.1) is 6.61 Å². The molecule has 0 bridgehead atoms. The highest BCUT2D eigenvalue weighted by molar-refractivity contribution is 5.66. The predicted octanol–water partition coefficient (Wildman–Crippen LogP) is 2.23. The highest BCUT2D eigenvalue weighted by atomic mass is 16.5. The van der Waals surface area contributed by atoms with Gasteiger partial charge in [0, 0.05) is 37.5 Å². The molecule has 0 aromatic carbocycles. The van der Waals surface area contributed by atoms with Crippen LogP contribution < -0.4 is 5.32 Å². The monoisotopic (exact) mass is 292 g/mol. The van der Waals surface area contributed by atoms with E-state index < -0.39 is 0 Å². The molecule has 1 aliphatic heterocycles. The average Bonchev–Trinajstić information content (AvgIpc) is 2.99. The number of aromatic nitrogens is 1. The Morgan fingerprint density at radius 1 is 1.57 bits per heavy atom. The number of ether oxygens (including phenoxy) is 2. The summed E-state index contributed by atoms with van der Waals surface area (Å²) in [6, 6.07) is 4.30. The first-order valence-corrected chi connectivity index (χ1v) is 7.64. The Labute approximate surface area is 126 Å². The highest BCUT2D eigenvalue weighted by Crippen LogP contribution is 2.22. The van der Waals surface area contributed by atoms with E-state index >= 15 is 0 Å². The Kier molecular flexibility index (Phi) is 6.63. The second kappa shape index (κ2) is 8.74. The van der Waals surface area contributed by atoms with Crippen LogP contribution >= 0.6 is 0 Å². The normalized spacial score (nSPS) is 19.4. The zero-order valence-electron chi connectivity index (χ0n) is 12.6. The Bertz CT molecular complexity index is 419. The van der Waals surface area contributed by atoms with E-state index in [0.29, 0.717) is 12.6 Å². The minimum absolute atomic E-state index is 0.232. The molecule has 1 aromatic rings. The van der Waals surface area contributed by atoms with Gasteiger partial charge in [0.15, 0.2) is 0 Å². The highest BCUT2D eigenvalue weighted by Gasteiger charge is 2.16. The van der Waals surface area contributed by atoms with Crippen LogP contribution in [0.5, 0.6) is 0 Å². The molecule has 5 heteroatoms. The molecule has 116 valence electrons. The zero-order chi connectivity index (χ0) is 14.9. The SMILES string of the molecule is CC(=O)OC(CCCOCC1CCCN1)c1cccnc1. The molecule has 21 heavy (non-hydrogen) atoms. The Balaban J connectivity index is 1.70. The van der Waals surface area contributed by atoms with E-state index in [1.54, 1.807) is 12.4 Å². The van der Waals surface area contributed by atoms with Crippen LogP contribution in [0.3, 0.4) is 0 Å². The molecule has 1 aromatic heterocycles. The first-order chi connectivity index (χ1) is 10.3. The van der Waals surface area contributed by atoms with Crippen molar-refractivity contribution in [2.24, 2.45) is 0 Å². The van der Waals surface area contributed by atoms with Crippen LogP contribution in [-0.2, 0) is 14.3 Å². The molecule has 1 aliphatic rings. The number of esters is 1. The van der Waals surface area contributed by atoms with Crippen molar-refractivity contribution in [1.29, 1.82) is 0 Å². The van der Waals surface area contributed by atoms with Crippen LogP contribution in [0.4, 0.5) is 0 Å². The fraction of sp³-hybridized carbons (Fsp3) is 0.625. The van der Waals surface area contributed by atoms with Gasteiger partial charge in [0.2, 0.25) is 0 Å². The van der Waals surface area contributed by atoms with Crippen molar-refractivity contribution in [3.8, 4) is 0 Å². The van der Waals surface area contributed by atoms with Gasteiger partial charge < -0.3 is 14.8 Å². The van der Waals surface area contributed by atoms with Crippen LogP contribution in [0.2, 0.25) is 0 Å². The summed E-state index contributed by atoms with van der Waals surface area (Å²) >= 11 is 0. The molecule has 0 saturated carbocycles. The van der Waals surface area contributed by atoms with Crippen molar-refractivity contribution in [3.63, 3.8) is 0 Å². The standard InChI is InChI=1S/C16H24N2O3/c1-13(19)21-16(14-5-2-8-17-11-14)7-4-10-20-12-15-6-3-9-18-15/h2,5,8,11,15-16,18H,3-4,6-7,9-10,12H2,1H3. The van der Waals surface area contributed by atoms with Gasteiger partial charge in [-0.05, 0) is 38.3 Å². The zero-order valence-corrected chi connectivity index (χ0v) is 12.6. The molecule has 1 N–H and O–H groups in total. The van der Waals surface area contributed by atoms with Crippen LogP contribution in [0.15, 0.2) is 24.5 Å². The lowest BCUT2D eigenvalue weighted by Gasteiger charge is -2.17. The quantitative estimate of drug-likeness (QED) is 0.588. The second-order valence-corrected chi connectivity index (χ2v) is 5.39. The summed E-state index contributed by atoms with van der Waals surface area (Å²) in [4.78, 5) is 15.3. The minimum Gasteiger partial charge on any atom is -0.458 e. The molecule has 5 nitrogen and oxygen atoms in total. The minimum atomic E-state index is -0.264. The molecular formula is C16H24N2O3. The summed E-state index contributed by atoms with van der Waals surface area (Å²) in [5.41, 5.74) is 0.935. The molecule has 2 heterocycles. The number of nitrogens with one attached hydrogen (secondary N) is 1. The van der Waals surface area contributed by atoms with Gasteiger partial charge >= 0.3 is 5.97 Å². The number of pyridine rings is 1. The van der Waals surface area contributed by atoms with Crippen molar-refractivity contribution in [2.75, 3.05) is 19.8 Å². The van der Waals surface area contributed by atoms with Gasteiger partial charge in [-0.1, -0.05) is 6.07 Å². The number of hydrogen-bond donors (Lipinski definition) is 1. The summed E-state index contributed by atoms with van der Waals surface area (Å²) in [5.74, 6) is -0.264. The van der Waals surface area contributed by atoms with Crippen LogP contribution in [0.1, 0.15) is 44.3 Å². The van der Waals surface area contributed by atoms with Crippen LogP contribution in [0, 0.1) is 0 Å². The number of rotatable bonds is 8. The third-order valence-corrected chi connectivity index (χ3v) is 3.60. The largest absolute Gasteiger partial charge is 0.458 e. The lowest BCUT2D eigenvalue weighted by atomic mass is 10.1. The Hall–Kier alpha value is -1.46. The number of carbonyl (C=O) groups excluding carboxylic acids is 1. The maximum atomic E-state index is 11.2. The van der Waals surface area contributed by atoms with Crippen molar-refractivity contribution in [1.82, 2.24) is 10.3 Å². The Morgan fingerprint density at radius 2 is 2.48 bits per heavy atom. The average molecular weight is 292 g/mol. The van der Waals surface area contributed by atoms with Crippen molar-refractivity contribution < 1.29 is 14.3 Å². The molecule has 0 aliphatic carbocycles. The molecule has 1 saturated heterocycles. The summed E-state index contributed by atoms with van der Waals surface area (Å²) in [6.45, 7) is 4.00. The first kappa shape index (κ1) is 15.9. The number of nitrogens with zero attached hydrogens (tertiary/aromatic N) is 1. The van der Waals surface area contributed by atoms with Crippen molar-refractivity contribution >= 4 is 5.97 Å². The number of carbonyl (C=O) groups is 1. The van der Waals surface area contributed by atoms with Crippen molar-refractivity contribution in [2.45, 2.75) is 44.8 Å². The lowest BCUT2D eigenvalue weighted by Crippen LogP contribution is -2.26. The maximum absolute atomic E-state index is 11.2. The van der Waals surface area contributed by atoms with Gasteiger partial charge in [-0.15, -0.1) is 0 Å². The molecule has 0 radical (unpaired) electrons. The molecule has 0 amide bonds. The first-order valence-electron chi connectivity index (χ1n) is 7.64. The maximum Gasteiger partial charge on any atom is 0.303 e. The summed E-state index contributed by atoms with van der Waals surface area (Å²) in [6.07, 6.45) is 7.28. The molecule has 2 rings (SSSR count). The molecular weight excluding hydrogens is 268 g/mol. The van der Waals surface area contributed by atoms with Crippen molar-refractivity contribution in [3.05, 3.63) is 30.1 Å². The summed E-state index contributed by atoms with van der Waals surface area (Å²) < 4.78 is 11.1. The van der Waals surface area contributed by atoms with Gasteiger partial charge in [-0.3, -0.25) is 9.78 Å². The lowest BCUT2D eigenvalue weighted by molar-refractivity contribution is -0.147. The molecule has 0 spiro atoms. The smallest absolute Gasteiger partial charge is 0.303 e. The summed E-state index contributed by atoms with van der Waals surface area (Å²) in [7, 11) is 0. The molecule has 2 unspecified atom stereocenters.